The number of rotatable bonds is 9. The molecule has 0 aliphatic carbocycles. The van der Waals surface area contributed by atoms with Crippen LogP contribution in [0.15, 0.2) is 43.0 Å². The fourth-order valence-corrected chi connectivity index (χ4v) is 3.29. The number of carbonyl (C=O) groups excluding carboxylic acids is 3. The van der Waals surface area contributed by atoms with E-state index in [1.54, 1.807) is 11.0 Å². The summed E-state index contributed by atoms with van der Waals surface area (Å²) in [7, 11) is 0. The van der Waals surface area contributed by atoms with E-state index in [2.05, 4.69) is 17.2 Å². The van der Waals surface area contributed by atoms with Gasteiger partial charge in [0.15, 0.2) is 0 Å². The molecule has 2 N–H and O–H groups in total. The van der Waals surface area contributed by atoms with Gasteiger partial charge in [0.25, 0.3) is 0 Å². The van der Waals surface area contributed by atoms with Crippen molar-refractivity contribution in [2.45, 2.75) is 26.3 Å². The normalized spacial score (nSPS) is 15.6. The van der Waals surface area contributed by atoms with Crippen molar-refractivity contribution in [3.8, 4) is 0 Å². The summed E-state index contributed by atoms with van der Waals surface area (Å²) >= 11 is 0. The molecule has 1 atom stereocenters. The number of nitrogens with one attached hydrogen (secondary N) is 2. The predicted octanol–water partition coefficient (Wildman–Crippen LogP) is 0.816. The summed E-state index contributed by atoms with van der Waals surface area (Å²) < 4.78 is 0. The number of hydrogen-bond acceptors (Lipinski definition) is 4. The van der Waals surface area contributed by atoms with E-state index in [0.717, 1.165) is 5.56 Å². The van der Waals surface area contributed by atoms with Crippen LogP contribution in [0, 0.1) is 5.92 Å². The lowest BCUT2D eigenvalue weighted by Crippen LogP contribution is -2.57. The van der Waals surface area contributed by atoms with Crippen LogP contribution in [0.5, 0.6) is 0 Å². The van der Waals surface area contributed by atoms with Crippen molar-refractivity contribution < 1.29 is 14.4 Å². The maximum Gasteiger partial charge on any atom is 0.245 e. The molecule has 1 aromatic carbocycles. The minimum absolute atomic E-state index is 0.00932. The van der Waals surface area contributed by atoms with Crippen molar-refractivity contribution in [3.05, 3.63) is 48.6 Å². The van der Waals surface area contributed by atoms with Crippen LogP contribution < -0.4 is 10.6 Å². The molecule has 1 aliphatic heterocycles. The topological polar surface area (TPSA) is 81.8 Å². The summed E-state index contributed by atoms with van der Waals surface area (Å²) in [4.78, 5) is 41.1. The number of amides is 3. The largest absolute Gasteiger partial charge is 0.352 e. The van der Waals surface area contributed by atoms with Crippen molar-refractivity contribution in [2.24, 2.45) is 5.92 Å². The number of carbonyl (C=O) groups is 3. The third-order valence-electron chi connectivity index (χ3n) is 4.95. The van der Waals surface area contributed by atoms with Gasteiger partial charge >= 0.3 is 0 Å². The molecule has 0 saturated carbocycles. The first-order chi connectivity index (χ1) is 13.9. The fourth-order valence-electron chi connectivity index (χ4n) is 3.29. The van der Waals surface area contributed by atoms with Crippen LogP contribution in [-0.2, 0) is 20.8 Å². The second-order valence-electron chi connectivity index (χ2n) is 7.65. The third kappa shape index (κ3) is 7.34. The lowest BCUT2D eigenvalue weighted by atomic mass is 10.0. The Labute approximate surface area is 173 Å². The Kier molecular flexibility index (Phi) is 8.86. The van der Waals surface area contributed by atoms with Crippen LogP contribution in [0.25, 0.3) is 0 Å². The summed E-state index contributed by atoms with van der Waals surface area (Å²) in [6, 6.07) is 8.95. The first-order valence-electron chi connectivity index (χ1n) is 10.1. The zero-order chi connectivity index (χ0) is 21.2. The molecule has 1 aliphatic rings. The van der Waals surface area contributed by atoms with Gasteiger partial charge in [-0.15, -0.1) is 6.58 Å². The summed E-state index contributed by atoms with van der Waals surface area (Å²) in [5, 5.41) is 5.67. The molecule has 158 valence electrons. The van der Waals surface area contributed by atoms with Crippen LogP contribution in [0.3, 0.4) is 0 Å². The molecule has 3 amide bonds. The monoisotopic (exact) mass is 400 g/mol. The zero-order valence-corrected chi connectivity index (χ0v) is 17.4. The van der Waals surface area contributed by atoms with Crippen LogP contribution in [0.2, 0.25) is 0 Å². The van der Waals surface area contributed by atoms with Gasteiger partial charge in [0.1, 0.15) is 6.04 Å². The second-order valence-corrected chi connectivity index (χ2v) is 7.65. The Balaban J connectivity index is 1.85. The van der Waals surface area contributed by atoms with Crippen molar-refractivity contribution >= 4 is 17.7 Å². The number of benzene rings is 1. The SMILES string of the molecule is C=CCNC(=O)CN1CCN(C(=O)C(NC(=O)Cc2ccccc2)C(C)C)CC1. The van der Waals surface area contributed by atoms with Gasteiger partial charge in [0.05, 0.1) is 13.0 Å². The highest BCUT2D eigenvalue weighted by Gasteiger charge is 2.31. The van der Waals surface area contributed by atoms with Gasteiger partial charge < -0.3 is 15.5 Å². The van der Waals surface area contributed by atoms with E-state index >= 15 is 0 Å². The number of hydrogen-bond donors (Lipinski definition) is 2. The van der Waals surface area contributed by atoms with E-state index in [9.17, 15) is 14.4 Å². The highest BCUT2D eigenvalue weighted by atomic mass is 16.2. The molecule has 7 nitrogen and oxygen atoms in total. The number of piperazine rings is 1. The molecule has 1 aromatic rings. The van der Waals surface area contributed by atoms with E-state index in [4.69, 9.17) is 0 Å². The predicted molar refractivity (Wildman–Crippen MR) is 113 cm³/mol. The summed E-state index contributed by atoms with van der Waals surface area (Å²) in [5.41, 5.74) is 0.920. The van der Waals surface area contributed by atoms with E-state index in [-0.39, 0.29) is 30.1 Å². The maximum absolute atomic E-state index is 13.0. The average molecular weight is 401 g/mol. The molecule has 1 fully saturated rings. The van der Waals surface area contributed by atoms with E-state index in [1.165, 1.54) is 0 Å². The second kappa shape index (κ2) is 11.4. The summed E-state index contributed by atoms with van der Waals surface area (Å²) in [5.74, 6) is -0.263. The van der Waals surface area contributed by atoms with E-state index < -0.39 is 6.04 Å². The maximum atomic E-state index is 13.0. The first-order valence-corrected chi connectivity index (χ1v) is 10.1. The van der Waals surface area contributed by atoms with Gasteiger partial charge in [0, 0.05) is 32.7 Å². The Morgan fingerprint density at radius 3 is 2.31 bits per heavy atom. The van der Waals surface area contributed by atoms with Crippen molar-refractivity contribution in [1.29, 1.82) is 0 Å². The smallest absolute Gasteiger partial charge is 0.245 e. The van der Waals surface area contributed by atoms with Crippen LogP contribution in [-0.4, -0.2) is 72.8 Å². The Bertz CT molecular complexity index is 697. The Morgan fingerprint density at radius 1 is 1.07 bits per heavy atom. The van der Waals surface area contributed by atoms with Gasteiger partial charge in [-0.1, -0.05) is 50.3 Å². The standard InChI is InChI=1S/C22H32N4O3/c1-4-10-23-20(28)16-25-11-13-26(14-12-25)22(29)21(17(2)3)24-19(27)15-18-8-6-5-7-9-18/h4-9,17,21H,1,10-16H2,2-3H3,(H,23,28)(H,24,27). The third-order valence-corrected chi connectivity index (χ3v) is 4.95. The van der Waals surface area contributed by atoms with E-state index in [1.807, 2.05) is 49.1 Å². The van der Waals surface area contributed by atoms with Gasteiger partial charge in [-0.3, -0.25) is 19.3 Å². The highest BCUT2D eigenvalue weighted by Crippen LogP contribution is 2.10. The molecule has 1 unspecified atom stereocenters. The number of nitrogens with zero attached hydrogens (tertiary/aromatic N) is 2. The van der Waals surface area contributed by atoms with Gasteiger partial charge in [-0.25, -0.2) is 0 Å². The van der Waals surface area contributed by atoms with Crippen molar-refractivity contribution in [1.82, 2.24) is 20.4 Å². The molecule has 0 aromatic heterocycles. The molecule has 2 rings (SSSR count). The van der Waals surface area contributed by atoms with E-state index in [0.29, 0.717) is 39.3 Å². The lowest BCUT2D eigenvalue weighted by Gasteiger charge is -2.37. The molecule has 0 bridgehead atoms. The lowest BCUT2D eigenvalue weighted by molar-refractivity contribution is -0.139. The van der Waals surface area contributed by atoms with Gasteiger partial charge in [0.2, 0.25) is 17.7 Å². The Morgan fingerprint density at radius 2 is 1.72 bits per heavy atom. The van der Waals surface area contributed by atoms with Crippen molar-refractivity contribution in [2.75, 3.05) is 39.3 Å². The zero-order valence-electron chi connectivity index (χ0n) is 17.4. The molecule has 0 spiro atoms. The molecule has 7 heteroatoms. The minimum atomic E-state index is -0.548. The van der Waals surface area contributed by atoms with Crippen molar-refractivity contribution in [3.63, 3.8) is 0 Å². The van der Waals surface area contributed by atoms with Gasteiger partial charge in [-0.2, -0.15) is 0 Å². The molecule has 29 heavy (non-hydrogen) atoms. The quantitative estimate of drug-likeness (QED) is 0.601. The molecular formula is C22H32N4O3. The van der Waals surface area contributed by atoms with Crippen LogP contribution in [0.4, 0.5) is 0 Å². The summed E-state index contributed by atoms with van der Waals surface area (Å²) in [6.45, 7) is 10.6. The molecule has 0 radical (unpaired) electrons. The summed E-state index contributed by atoms with van der Waals surface area (Å²) in [6.07, 6.45) is 1.90. The highest BCUT2D eigenvalue weighted by molar-refractivity contribution is 5.88. The first kappa shape index (κ1) is 22.6. The average Bonchev–Trinajstić information content (AvgIpc) is 2.71. The molecule has 1 heterocycles. The van der Waals surface area contributed by atoms with Crippen LogP contribution in [0.1, 0.15) is 19.4 Å². The Hall–Kier alpha value is -2.67. The fraction of sp³-hybridized carbons (Fsp3) is 0.500. The van der Waals surface area contributed by atoms with Crippen LogP contribution >= 0.6 is 0 Å². The minimum Gasteiger partial charge on any atom is -0.352 e. The van der Waals surface area contributed by atoms with Gasteiger partial charge in [-0.05, 0) is 11.5 Å². The molecule has 1 saturated heterocycles. The molecular weight excluding hydrogens is 368 g/mol.